The highest BCUT2D eigenvalue weighted by molar-refractivity contribution is 5.94. The van der Waals surface area contributed by atoms with E-state index in [0.717, 1.165) is 19.6 Å². The monoisotopic (exact) mass is 979 g/mol. The zero-order valence-electron chi connectivity index (χ0n) is 44.0. The summed E-state index contributed by atoms with van der Waals surface area (Å²) in [4.78, 5) is 120. The maximum absolute atomic E-state index is 14.7. The van der Waals surface area contributed by atoms with Gasteiger partial charge in [0.1, 0.15) is 29.9 Å². The summed E-state index contributed by atoms with van der Waals surface area (Å²) in [5.41, 5.74) is 1.23. The number of nitrogens with zero attached hydrogens (tertiary/aromatic N) is 4. The zero-order chi connectivity index (χ0) is 52.7. The minimum atomic E-state index is -1.52. The molecule has 0 aromatic heterocycles. The molecular weight excluding hydrogens is 901 g/mol. The van der Waals surface area contributed by atoms with Crippen molar-refractivity contribution in [2.45, 2.75) is 156 Å². The standard InChI is InChI=1S/C53H78N4O13/c1-31(2)25-40-50(62)67-36(10)47(59)55(12)43(28-34(7)8)53(65)70-45(30-38-21-23-39(66-15)24-22-38)49(61)57(14)41(26-32(3)4)51(63)68-35(9)46(58)54(11)42(27-33(5)6)52(64)69-44(48(60)56(40)13)29-37-19-17-16-18-20-37/h16-24,31-36,40-45H,25-30H2,1-15H3/t35-,36-,40+,41+,42-,43+,44-,45-/m1/s1. The Balaban J connectivity index is 2.26. The van der Waals surface area contributed by atoms with Gasteiger partial charge in [-0.1, -0.05) is 97.9 Å². The van der Waals surface area contributed by atoms with E-state index in [1.165, 1.54) is 49.1 Å². The maximum Gasteiger partial charge on any atom is 0.329 e. The Hall–Kier alpha value is -6.00. The molecule has 0 radical (unpaired) electrons. The highest BCUT2D eigenvalue weighted by Gasteiger charge is 2.43. The number of methoxy groups -OCH3 is 1. The molecular formula is C53H78N4O13. The van der Waals surface area contributed by atoms with E-state index < -0.39 is 96.1 Å². The summed E-state index contributed by atoms with van der Waals surface area (Å²) in [6, 6.07) is 10.6. The number of benzene rings is 2. The molecule has 3 rings (SSSR count). The molecule has 4 amide bonds. The normalized spacial score (nSPS) is 24.8. The molecule has 0 saturated carbocycles. The molecule has 2 aromatic carbocycles. The van der Waals surface area contributed by atoms with Gasteiger partial charge in [0.2, 0.25) is 0 Å². The minimum absolute atomic E-state index is 0.0866. The number of cyclic esters (lactones) is 4. The van der Waals surface area contributed by atoms with Crippen LogP contribution < -0.4 is 4.74 Å². The van der Waals surface area contributed by atoms with Crippen LogP contribution in [0.2, 0.25) is 0 Å². The molecule has 1 aliphatic rings. The van der Waals surface area contributed by atoms with Crippen molar-refractivity contribution < 1.29 is 62.0 Å². The Bertz CT molecular complexity index is 2080. The zero-order valence-corrected chi connectivity index (χ0v) is 44.0. The summed E-state index contributed by atoms with van der Waals surface area (Å²) in [5, 5.41) is 0. The predicted octanol–water partition coefficient (Wildman–Crippen LogP) is 5.67. The van der Waals surface area contributed by atoms with Crippen molar-refractivity contribution in [1.29, 1.82) is 0 Å². The van der Waals surface area contributed by atoms with Crippen molar-refractivity contribution in [1.82, 2.24) is 19.6 Å². The molecule has 388 valence electrons. The summed E-state index contributed by atoms with van der Waals surface area (Å²) in [6.45, 7) is 17.5. The van der Waals surface area contributed by atoms with E-state index in [0.29, 0.717) is 16.9 Å². The molecule has 0 spiro atoms. The second-order valence-electron chi connectivity index (χ2n) is 20.1. The van der Waals surface area contributed by atoms with Crippen LogP contribution in [-0.2, 0) is 70.1 Å². The van der Waals surface area contributed by atoms with Crippen LogP contribution in [0.15, 0.2) is 54.6 Å². The Morgan fingerprint density at radius 2 is 0.714 bits per heavy atom. The van der Waals surface area contributed by atoms with E-state index in [2.05, 4.69) is 0 Å². The average molecular weight is 979 g/mol. The van der Waals surface area contributed by atoms with E-state index in [1.807, 2.05) is 55.4 Å². The predicted molar refractivity (Wildman–Crippen MR) is 262 cm³/mol. The Morgan fingerprint density at radius 3 is 1.01 bits per heavy atom. The van der Waals surface area contributed by atoms with Crippen LogP contribution in [0.4, 0.5) is 0 Å². The van der Waals surface area contributed by atoms with Gasteiger partial charge in [-0.05, 0) is 86.5 Å². The van der Waals surface area contributed by atoms with Gasteiger partial charge in [-0.3, -0.25) is 19.2 Å². The first-order chi connectivity index (χ1) is 32.8. The minimum Gasteiger partial charge on any atom is -0.497 e. The molecule has 1 fully saturated rings. The van der Waals surface area contributed by atoms with Gasteiger partial charge in [-0.25, -0.2) is 19.2 Å². The molecule has 1 saturated heterocycles. The molecule has 1 heterocycles. The topological polar surface area (TPSA) is 196 Å². The smallest absolute Gasteiger partial charge is 0.329 e. The third-order valence-corrected chi connectivity index (χ3v) is 12.3. The SMILES string of the molecule is COc1ccc(C[C@H]2OC(=O)[C@H](CC(C)C)N(C)C(=O)[C@@H](C)OC(=O)[C@H](CC(C)C)N(C)C(=O)[C@@H](Cc3ccccc3)OC(=O)[C@@H](CC(C)C)N(C)C(=O)[C@@H](C)OC(=O)[C@H](CC(C)C)N(C)C2=O)cc1. The number of carbonyl (C=O) groups excluding carboxylic acids is 8. The van der Waals surface area contributed by atoms with Crippen molar-refractivity contribution in [2.24, 2.45) is 23.7 Å². The number of likely N-dealkylation sites (N-methyl/N-ethyl adjacent to an activating group) is 4. The molecule has 0 bridgehead atoms. The van der Waals surface area contributed by atoms with Gasteiger partial charge in [0, 0.05) is 41.0 Å². The lowest BCUT2D eigenvalue weighted by atomic mass is 10.00. The summed E-state index contributed by atoms with van der Waals surface area (Å²) in [7, 11) is 7.05. The number of amides is 4. The maximum atomic E-state index is 14.7. The van der Waals surface area contributed by atoms with Crippen molar-refractivity contribution in [3.05, 3.63) is 65.7 Å². The van der Waals surface area contributed by atoms with Crippen LogP contribution in [-0.4, -0.2) is 151 Å². The molecule has 70 heavy (non-hydrogen) atoms. The van der Waals surface area contributed by atoms with E-state index in [-0.39, 0.29) is 62.2 Å². The van der Waals surface area contributed by atoms with E-state index in [1.54, 1.807) is 54.6 Å². The first-order valence-corrected chi connectivity index (χ1v) is 24.3. The van der Waals surface area contributed by atoms with E-state index in [4.69, 9.17) is 23.7 Å². The summed E-state index contributed by atoms with van der Waals surface area (Å²) >= 11 is 0. The van der Waals surface area contributed by atoms with Gasteiger partial charge in [-0.2, -0.15) is 0 Å². The molecule has 17 heteroatoms. The summed E-state index contributed by atoms with van der Waals surface area (Å²) in [6.07, 6.45) is -5.74. The van der Waals surface area contributed by atoms with Crippen molar-refractivity contribution in [2.75, 3.05) is 35.3 Å². The van der Waals surface area contributed by atoms with Crippen LogP contribution in [0.3, 0.4) is 0 Å². The first-order valence-electron chi connectivity index (χ1n) is 24.3. The van der Waals surface area contributed by atoms with Crippen molar-refractivity contribution in [3.8, 4) is 5.75 Å². The van der Waals surface area contributed by atoms with E-state index in [9.17, 15) is 38.4 Å². The summed E-state index contributed by atoms with van der Waals surface area (Å²) in [5.74, 6) is -6.73. The van der Waals surface area contributed by atoms with Gasteiger partial charge >= 0.3 is 23.9 Å². The number of carbonyl (C=O) groups is 8. The van der Waals surface area contributed by atoms with Crippen LogP contribution in [0, 0.1) is 23.7 Å². The van der Waals surface area contributed by atoms with Gasteiger partial charge in [-0.15, -0.1) is 0 Å². The fourth-order valence-corrected chi connectivity index (χ4v) is 8.28. The lowest BCUT2D eigenvalue weighted by molar-refractivity contribution is -0.176. The lowest BCUT2D eigenvalue weighted by Gasteiger charge is -2.35. The molecule has 0 N–H and O–H groups in total. The third kappa shape index (κ3) is 16.6. The molecule has 0 aliphatic carbocycles. The van der Waals surface area contributed by atoms with Crippen LogP contribution in [0.5, 0.6) is 5.75 Å². The number of rotatable bonds is 13. The van der Waals surface area contributed by atoms with Crippen LogP contribution >= 0.6 is 0 Å². The second kappa shape index (κ2) is 26.8. The average Bonchev–Trinajstić information content (AvgIpc) is 3.30. The number of esters is 4. The fraction of sp³-hybridized carbons (Fsp3) is 0.623. The number of hydrogen-bond donors (Lipinski definition) is 0. The van der Waals surface area contributed by atoms with Crippen molar-refractivity contribution in [3.63, 3.8) is 0 Å². The number of ether oxygens (including phenoxy) is 5. The highest BCUT2D eigenvalue weighted by atomic mass is 16.6. The molecule has 0 unspecified atom stereocenters. The Kier molecular flexibility index (Phi) is 22.4. The Morgan fingerprint density at radius 1 is 0.429 bits per heavy atom. The fourth-order valence-electron chi connectivity index (χ4n) is 8.28. The second-order valence-corrected chi connectivity index (χ2v) is 20.1. The van der Waals surface area contributed by atoms with Crippen LogP contribution in [0.25, 0.3) is 0 Å². The molecule has 17 nitrogen and oxygen atoms in total. The molecule has 2 aromatic rings. The van der Waals surface area contributed by atoms with Gasteiger partial charge in [0.05, 0.1) is 7.11 Å². The lowest BCUT2D eigenvalue weighted by Crippen LogP contribution is -2.55. The van der Waals surface area contributed by atoms with Gasteiger partial charge < -0.3 is 43.3 Å². The van der Waals surface area contributed by atoms with Crippen LogP contribution in [0.1, 0.15) is 106 Å². The first kappa shape index (κ1) is 58.3. The summed E-state index contributed by atoms with van der Waals surface area (Å²) < 4.78 is 29.1. The largest absolute Gasteiger partial charge is 0.497 e. The van der Waals surface area contributed by atoms with Crippen molar-refractivity contribution >= 4 is 47.5 Å². The van der Waals surface area contributed by atoms with Gasteiger partial charge in [0.15, 0.2) is 24.4 Å². The van der Waals surface area contributed by atoms with Gasteiger partial charge in [0.25, 0.3) is 23.6 Å². The molecule has 8 atom stereocenters. The quantitative estimate of drug-likeness (QED) is 0.176. The van der Waals surface area contributed by atoms with E-state index >= 15 is 0 Å². The number of hydrogen-bond acceptors (Lipinski definition) is 13. The Labute approximate surface area is 414 Å². The highest BCUT2D eigenvalue weighted by Crippen LogP contribution is 2.24. The third-order valence-electron chi connectivity index (χ3n) is 12.3. The molecule has 1 aliphatic heterocycles.